The van der Waals surface area contributed by atoms with Gasteiger partial charge in [0.15, 0.2) is 0 Å². The summed E-state index contributed by atoms with van der Waals surface area (Å²) in [5.74, 6) is 0. The Bertz CT molecular complexity index is 639. The van der Waals surface area contributed by atoms with Crippen molar-refractivity contribution >= 4 is 58.6 Å². The molecule has 0 saturated carbocycles. The minimum atomic E-state index is -3.75. The molecule has 0 aliphatic heterocycles. The Balaban J connectivity index is 0. The van der Waals surface area contributed by atoms with Crippen LogP contribution in [0.25, 0.3) is 10.8 Å². The van der Waals surface area contributed by atoms with Gasteiger partial charge in [0.25, 0.3) is 0 Å². The van der Waals surface area contributed by atoms with E-state index in [0.717, 1.165) is 11.6 Å². The van der Waals surface area contributed by atoms with Gasteiger partial charge in [-0.1, -0.05) is 43.0 Å². The normalized spacial score (nSPS) is 10.6. The molecule has 0 atom stereocenters. The summed E-state index contributed by atoms with van der Waals surface area (Å²) < 4.78 is 28.1. The third-order valence-electron chi connectivity index (χ3n) is 2.21. The topological polar surface area (TPSA) is 43.4 Å². The van der Waals surface area contributed by atoms with Gasteiger partial charge >= 0.3 is 47.9 Å². The quantitative estimate of drug-likeness (QED) is 0.491. The predicted octanol–water partition coefficient (Wildman–Crippen LogP) is 2.53. The maximum Gasteiger partial charge on any atom is 2.00 e. The average molecular weight is 276 g/mol. The summed E-state index contributed by atoms with van der Waals surface area (Å²) >= 11 is 0. The molecule has 0 aliphatic rings. The second-order valence-corrected chi connectivity index (χ2v) is 4.73. The SMILES string of the molecule is C=COS(=O)(=O)c1cccc2ccccc12.[Ca+2].[H-].[H-]. The van der Waals surface area contributed by atoms with Gasteiger partial charge in [0, 0.05) is 5.39 Å². The number of hydrogen-bond acceptors (Lipinski definition) is 3. The Morgan fingerprint density at radius 2 is 1.76 bits per heavy atom. The van der Waals surface area contributed by atoms with E-state index in [9.17, 15) is 8.42 Å². The molecular weight excluding hydrogens is 264 g/mol. The molecule has 86 valence electrons. The van der Waals surface area contributed by atoms with E-state index in [4.69, 9.17) is 0 Å². The van der Waals surface area contributed by atoms with Crippen LogP contribution in [0.15, 0.2) is 60.2 Å². The van der Waals surface area contributed by atoms with Crippen molar-refractivity contribution in [2.75, 3.05) is 0 Å². The number of benzene rings is 2. The number of rotatable bonds is 3. The Labute approximate surface area is 133 Å². The molecule has 0 fully saturated rings. The molecule has 0 aromatic heterocycles. The van der Waals surface area contributed by atoms with E-state index in [-0.39, 0.29) is 45.5 Å². The average Bonchev–Trinajstić information content (AvgIpc) is 2.28. The van der Waals surface area contributed by atoms with Gasteiger partial charge < -0.3 is 7.04 Å². The first-order valence-corrected chi connectivity index (χ1v) is 6.08. The first-order valence-electron chi connectivity index (χ1n) is 4.67. The van der Waals surface area contributed by atoms with E-state index in [1.54, 1.807) is 18.2 Å². The zero-order chi connectivity index (χ0) is 11.6. The van der Waals surface area contributed by atoms with Crippen LogP contribution >= 0.6 is 0 Å². The van der Waals surface area contributed by atoms with E-state index in [1.807, 2.05) is 18.2 Å². The zero-order valence-electron chi connectivity index (χ0n) is 11.2. The molecule has 2 aromatic carbocycles. The molecule has 0 unspecified atom stereocenters. The van der Waals surface area contributed by atoms with Crippen LogP contribution in [-0.2, 0) is 14.3 Å². The van der Waals surface area contributed by atoms with Crippen molar-refractivity contribution in [1.29, 1.82) is 0 Å². The van der Waals surface area contributed by atoms with E-state index in [1.165, 1.54) is 6.07 Å². The van der Waals surface area contributed by atoms with E-state index < -0.39 is 10.1 Å². The molecule has 3 nitrogen and oxygen atoms in total. The minimum absolute atomic E-state index is 0. The molecule has 0 heterocycles. The van der Waals surface area contributed by atoms with Gasteiger partial charge in [-0.15, -0.1) is 0 Å². The van der Waals surface area contributed by atoms with Crippen LogP contribution < -0.4 is 0 Å². The van der Waals surface area contributed by atoms with Gasteiger partial charge in [0.2, 0.25) is 0 Å². The third kappa shape index (κ3) is 3.01. The Morgan fingerprint density at radius 3 is 2.47 bits per heavy atom. The molecule has 2 aromatic rings. The monoisotopic (exact) mass is 276 g/mol. The van der Waals surface area contributed by atoms with Crippen molar-refractivity contribution in [3.8, 4) is 0 Å². The van der Waals surface area contributed by atoms with Crippen molar-refractivity contribution < 1.29 is 15.5 Å². The van der Waals surface area contributed by atoms with Gasteiger partial charge in [-0.25, -0.2) is 0 Å². The predicted molar refractivity (Wildman–Crippen MR) is 70.4 cm³/mol. The van der Waals surface area contributed by atoms with Crippen molar-refractivity contribution in [3.63, 3.8) is 0 Å². The van der Waals surface area contributed by atoms with Crippen LogP contribution in [0.5, 0.6) is 0 Å². The van der Waals surface area contributed by atoms with Crippen molar-refractivity contribution in [2.45, 2.75) is 4.90 Å². The Kier molecular flexibility index (Phi) is 5.01. The minimum Gasteiger partial charge on any atom is -1.00 e. The Hall–Kier alpha value is -0.550. The van der Waals surface area contributed by atoms with Crippen molar-refractivity contribution in [1.82, 2.24) is 0 Å². The van der Waals surface area contributed by atoms with Crippen LogP contribution in [0.1, 0.15) is 2.85 Å². The smallest absolute Gasteiger partial charge is 1.00 e. The Morgan fingerprint density at radius 1 is 1.12 bits per heavy atom. The van der Waals surface area contributed by atoms with Gasteiger partial charge in [0.05, 0.1) is 6.26 Å². The molecule has 0 radical (unpaired) electrons. The van der Waals surface area contributed by atoms with E-state index in [0.29, 0.717) is 5.39 Å². The standard InChI is InChI=1S/C12H10O3S.Ca.2H/c1-2-15-16(13,14)12-9-5-7-10-6-3-4-8-11(10)12;;;/h2-9H,1H2;;;/q;+2;2*-1. The van der Waals surface area contributed by atoms with Gasteiger partial charge in [-0.3, -0.25) is 0 Å². The molecular formula is C12H12CaO3S. The van der Waals surface area contributed by atoms with Crippen LogP contribution in [0.4, 0.5) is 0 Å². The van der Waals surface area contributed by atoms with Crippen molar-refractivity contribution in [2.24, 2.45) is 0 Å². The largest absolute Gasteiger partial charge is 2.00 e. The molecule has 2 rings (SSSR count). The van der Waals surface area contributed by atoms with E-state index >= 15 is 0 Å². The van der Waals surface area contributed by atoms with Gasteiger partial charge in [0.1, 0.15) is 4.90 Å². The van der Waals surface area contributed by atoms with Crippen LogP contribution in [-0.4, -0.2) is 46.2 Å². The van der Waals surface area contributed by atoms with Crippen molar-refractivity contribution in [3.05, 3.63) is 55.3 Å². The first kappa shape index (κ1) is 14.5. The third-order valence-corrected chi connectivity index (χ3v) is 3.50. The molecule has 0 N–H and O–H groups in total. The second kappa shape index (κ2) is 5.87. The summed E-state index contributed by atoms with van der Waals surface area (Å²) in [6.45, 7) is 3.25. The summed E-state index contributed by atoms with van der Waals surface area (Å²) in [5, 5.41) is 1.50. The molecule has 0 spiro atoms. The van der Waals surface area contributed by atoms with Crippen LogP contribution in [0, 0.1) is 0 Å². The van der Waals surface area contributed by atoms with Crippen LogP contribution in [0.2, 0.25) is 0 Å². The summed E-state index contributed by atoms with van der Waals surface area (Å²) in [5.41, 5.74) is 0. The fourth-order valence-electron chi connectivity index (χ4n) is 1.56. The molecule has 0 bridgehead atoms. The second-order valence-electron chi connectivity index (χ2n) is 3.19. The van der Waals surface area contributed by atoms with Gasteiger partial charge in [-0.05, 0) is 11.5 Å². The van der Waals surface area contributed by atoms with E-state index in [2.05, 4.69) is 10.8 Å². The summed E-state index contributed by atoms with van der Waals surface area (Å²) in [7, 11) is -3.75. The summed E-state index contributed by atoms with van der Waals surface area (Å²) in [6.07, 6.45) is 0.914. The van der Waals surface area contributed by atoms with Crippen LogP contribution in [0.3, 0.4) is 0 Å². The fraction of sp³-hybridized carbons (Fsp3) is 0. The molecule has 17 heavy (non-hydrogen) atoms. The zero-order valence-corrected chi connectivity index (χ0v) is 12.2. The first-order chi connectivity index (χ1) is 7.65. The van der Waals surface area contributed by atoms with Gasteiger partial charge in [-0.2, -0.15) is 8.42 Å². The maximum atomic E-state index is 11.8. The molecule has 0 aliphatic carbocycles. The summed E-state index contributed by atoms with van der Waals surface area (Å²) in [4.78, 5) is 0.158. The fourth-order valence-corrected chi connectivity index (χ4v) is 2.54. The maximum absolute atomic E-state index is 11.8. The molecule has 0 saturated heterocycles. The molecule has 5 heteroatoms. The summed E-state index contributed by atoms with van der Waals surface area (Å²) in [6, 6.07) is 12.3. The number of hydrogen-bond donors (Lipinski definition) is 0. The number of fused-ring (bicyclic) bond motifs is 1. The molecule has 0 amide bonds.